The number of ether oxygens (including phenoxy) is 1. The Kier molecular flexibility index (Phi) is 6.32. The van der Waals surface area contributed by atoms with Gasteiger partial charge in [-0.15, -0.1) is 0 Å². The summed E-state index contributed by atoms with van der Waals surface area (Å²) in [6, 6.07) is 29.4. The molecule has 33 heavy (non-hydrogen) atoms. The molecule has 5 nitrogen and oxygen atoms in total. The van der Waals surface area contributed by atoms with E-state index in [0.29, 0.717) is 22.3 Å². The van der Waals surface area contributed by atoms with Crippen molar-refractivity contribution in [2.24, 2.45) is 0 Å². The second-order valence-corrected chi connectivity index (χ2v) is 7.22. The molecule has 5 heteroatoms. The second-order valence-electron chi connectivity index (χ2n) is 7.22. The molecule has 0 aromatic heterocycles. The van der Waals surface area contributed by atoms with E-state index in [-0.39, 0.29) is 22.7 Å². The Bertz CT molecular complexity index is 1200. The standard InChI is InChI=1S/C28H18O5/c29-25(19-7-3-1-4-8-19)21-11-15-23(16-12-21)27(31)33-28(32)24-17-13-22(14-18-24)26(30)20-9-5-2-6-10-20/h1-18H. The fraction of sp³-hybridized carbons (Fsp3) is 0. The highest BCUT2D eigenvalue weighted by molar-refractivity contribution is 6.10. The Morgan fingerprint density at radius 1 is 0.364 bits per heavy atom. The smallest absolute Gasteiger partial charge is 0.346 e. The predicted octanol–water partition coefficient (Wildman–Crippen LogP) is 5.15. The third kappa shape index (κ3) is 4.99. The fourth-order valence-electron chi connectivity index (χ4n) is 3.23. The summed E-state index contributed by atoms with van der Waals surface area (Å²) in [5.74, 6) is -2.00. The third-order valence-electron chi connectivity index (χ3n) is 5.02. The lowest BCUT2D eigenvalue weighted by molar-refractivity contribution is 0.0397. The summed E-state index contributed by atoms with van der Waals surface area (Å²) < 4.78 is 4.94. The minimum Gasteiger partial charge on any atom is -0.386 e. The van der Waals surface area contributed by atoms with Gasteiger partial charge in [0, 0.05) is 22.3 Å². The summed E-state index contributed by atoms with van der Waals surface area (Å²) in [5, 5.41) is 0. The van der Waals surface area contributed by atoms with Gasteiger partial charge in [0.15, 0.2) is 11.6 Å². The average Bonchev–Trinajstić information content (AvgIpc) is 2.89. The molecule has 0 radical (unpaired) electrons. The topological polar surface area (TPSA) is 77.5 Å². The van der Waals surface area contributed by atoms with E-state index in [9.17, 15) is 19.2 Å². The van der Waals surface area contributed by atoms with Crippen LogP contribution in [0.2, 0.25) is 0 Å². The van der Waals surface area contributed by atoms with Crippen LogP contribution in [0, 0.1) is 0 Å². The number of carbonyl (C=O) groups excluding carboxylic acids is 4. The van der Waals surface area contributed by atoms with Crippen LogP contribution >= 0.6 is 0 Å². The van der Waals surface area contributed by atoms with Gasteiger partial charge in [-0.2, -0.15) is 0 Å². The van der Waals surface area contributed by atoms with E-state index >= 15 is 0 Å². The van der Waals surface area contributed by atoms with E-state index in [1.807, 2.05) is 12.1 Å². The maximum Gasteiger partial charge on any atom is 0.346 e. The van der Waals surface area contributed by atoms with Crippen molar-refractivity contribution in [2.75, 3.05) is 0 Å². The molecule has 0 saturated carbocycles. The lowest BCUT2D eigenvalue weighted by Crippen LogP contribution is -2.13. The first-order valence-electron chi connectivity index (χ1n) is 10.2. The van der Waals surface area contributed by atoms with Gasteiger partial charge in [0.1, 0.15) is 0 Å². The van der Waals surface area contributed by atoms with Crippen molar-refractivity contribution < 1.29 is 23.9 Å². The average molecular weight is 434 g/mol. The van der Waals surface area contributed by atoms with Crippen LogP contribution in [0.25, 0.3) is 0 Å². The second kappa shape index (κ2) is 9.66. The highest BCUT2D eigenvalue weighted by atomic mass is 16.6. The highest BCUT2D eigenvalue weighted by Crippen LogP contribution is 2.14. The van der Waals surface area contributed by atoms with Gasteiger partial charge < -0.3 is 4.74 Å². The van der Waals surface area contributed by atoms with E-state index < -0.39 is 11.9 Å². The molecule has 0 aliphatic rings. The predicted molar refractivity (Wildman–Crippen MR) is 122 cm³/mol. The van der Waals surface area contributed by atoms with E-state index in [4.69, 9.17) is 4.74 Å². The molecule has 0 aliphatic carbocycles. The first kappa shape index (κ1) is 21.6. The van der Waals surface area contributed by atoms with Gasteiger partial charge in [0.2, 0.25) is 0 Å². The Hall–Kier alpha value is -4.64. The minimum absolute atomic E-state index is 0.142. The summed E-state index contributed by atoms with van der Waals surface area (Å²) in [7, 11) is 0. The van der Waals surface area contributed by atoms with Crippen LogP contribution in [-0.4, -0.2) is 23.5 Å². The lowest BCUT2D eigenvalue weighted by Gasteiger charge is -2.06. The number of carbonyl (C=O) groups is 4. The van der Waals surface area contributed by atoms with Gasteiger partial charge in [-0.1, -0.05) is 84.9 Å². The molecule has 0 bridgehead atoms. The van der Waals surface area contributed by atoms with Gasteiger partial charge in [-0.05, 0) is 24.3 Å². The maximum atomic E-state index is 12.5. The lowest BCUT2D eigenvalue weighted by atomic mass is 10.0. The van der Waals surface area contributed by atoms with Crippen LogP contribution < -0.4 is 0 Å². The molecule has 4 aromatic rings. The summed E-state index contributed by atoms with van der Waals surface area (Å²) in [6.07, 6.45) is 0. The van der Waals surface area contributed by atoms with Gasteiger partial charge in [-0.3, -0.25) is 9.59 Å². The maximum absolute atomic E-state index is 12.5. The van der Waals surface area contributed by atoms with E-state index in [1.54, 1.807) is 48.5 Å². The SMILES string of the molecule is O=C(OC(=O)c1ccc(C(=O)c2ccccc2)cc1)c1ccc(C(=O)c2ccccc2)cc1. The van der Waals surface area contributed by atoms with Crippen molar-refractivity contribution in [3.63, 3.8) is 0 Å². The Labute approximate surface area is 190 Å². The molecular formula is C28H18O5. The molecule has 0 spiro atoms. The van der Waals surface area contributed by atoms with Crippen LogP contribution in [0.3, 0.4) is 0 Å². The quantitative estimate of drug-likeness (QED) is 0.238. The molecule has 0 saturated heterocycles. The zero-order valence-electron chi connectivity index (χ0n) is 17.4. The van der Waals surface area contributed by atoms with Gasteiger partial charge in [-0.25, -0.2) is 9.59 Å². The van der Waals surface area contributed by atoms with Crippen molar-refractivity contribution >= 4 is 23.5 Å². The van der Waals surface area contributed by atoms with Gasteiger partial charge >= 0.3 is 11.9 Å². The van der Waals surface area contributed by atoms with Crippen molar-refractivity contribution in [3.8, 4) is 0 Å². The molecule has 4 rings (SSSR count). The molecule has 0 unspecified atom stereocenters. The van der Waals surface area contributed by atoms with Gasteiger partial charge in [0.25, 0.3) is 0 Å². The third-order valence-corrected chi connectivity index (χ3v) is 5.02. The molecule has 0 fully saturated rings. The summed E-state index contributed by atoms with van der Waals surface area (Å²) >= 11 is 0. The van der Waals surface area contributed by atoms with E-state index in [2.05, 4.69) is 0 Å². The monoisotopic (exact) mass is 434 g/mol. The van der Waals surface area contributed by atoms with Crippen LogP contribution in [0.15, 0.2) is 109 Å². The number of benzene rings is 4. The molecule has 4 aromatic carbocycles. The molecule has 0 aliphatic heterocycles. The molecule has 160 valence electrons. The number of hydrogen-bond donors (Lipinski definition) is 0. The molecule has 0 atom stereocenters. The van der Waals surface area contributed by atoms with E-state index in [1.165, 1.54) is 48.5 Å². The number of hydrogen-bond acceptors (Lipinski definition) is 5. The van der Waals surface area contributed by atoms with Crippen molar-refractivity contribution in [1.82, 2.24) is 0 Å². The Morgan fingerprint density at radius 2 is 0.636 bits per heavy atom. The van der Waals surface area contributed by atoms with Crippen LogP contribution in [0.1, 0.15) is 52.6 Å². The van der Waals surface area contributed by atoms with Crippen molar-refractivity contribution in [3.05, 3.63) is 143 Å². The summed E-state index contributed by atoms with van der Waals surface area (Å²) in [6.45, 7) is 0. The van der Waals surface area contributed by atoms with Crippen molar-refractivity contribution in [1.29, 1.82) is 0 Å². The first-order chi connectivity index (χ1) is 16.0. The number of ketones is 2. The van der Waals surface area contributed by atoms with Crippen LogP contribution in [-0.2, 0) is 4.74 Å². The fourth-order valence-corrected chi connectivity index (χ4v) is 3.23. The molecule has 0 amide bonds. The first-order valence-corrected chi connectivity index (χ1v) is 10.2. The largest absolute Gasteiger partial charge is 0.386 e. The molecule has 0 N–H and O–H groups in total. The number of rotatable bonds is 6. The minimum atomic E-state index is -0.830. The number of esters is 2. The normalized spacial score (nSPS) is 10.3. The summed E-state index contributed by atoms with van der Waals surface area (Å²) in [4.78, 5) is 49.6. The van der Waals surface area contributed by atoms with Crippen molar-refractivity contribution in [2.45, 2.75) is 0 Å². The molecular weight excluding hydrogens is 416 g/mol. The molecule has 0 heterocycles. The van der Waals surface area contributed by atoms with E-state index in [0.717, 1.165) is 0 Å². The summed E-state index contributed by atoms with van der Waals surface area (Å²) in [5.41, 5.74) is 2.20. The van der Waals surface area contributed by atoms with Crippen LogP contribution in [0.4, 0.5) is 0 Å². The Balaban J connectivity index is 1.40. The zero-order valence-corrected chi connectivity index (χ0v) is 17.4. The van der Waals surface area contributed by atoms with Gasteiger partial charge in [0.05, 0.1) is 11.1 Å². The zero-order chi connectivity index (χ0) is 23.2. The highest BCUT2D eigenvalue weighted by Gasteiger charge is 2.17. The Morgan fingerprint density at radius 3 is 0.970 bits per heavy atom. The van der Waals surface area contributed by atoms with Crippen LogP contribution in [0.5, 0.6) is 0 Å².